The summed E-state index contributed by atoms with van der Waals surface area (Å²) in [7, 11) is 1.96. The van der Waals surface area contributed by atoms with Gasteiger partial charge in [0.05, 0.1) is 16.9 Å². The van der Waals surface area contributed by atoms with E-state index >= 15 is 0 Å². The first kappa shape index (κ1) is 18.0. The molecule has 0 N–H and O–H groups in total. The molecule has 0 amide bonds. The molecular weight excluding hydrogens is 357 g/mol. The van der Waals surface area contributed by atoms with E-state index in [0.717, 1.165) is 37.4 Å². The van der Waals surface area contributed by atoms with Gasteiger partial charge in [0, 0.05) is 43.5 Å². The number of piperidine rings is 1. The average Bonchev–Trinajstić information content (AvgIpc) is 3.15. The topological polar surface area (TPSA) is 83.5 Å². The van der Waals surface area contributed by atoms with Crippen LogP contribution in [-0.2, 0) is 12.5 Å². The fourth-order valence-electron chi connectivity index (χ4n) is 3.87. The molecule has 1 fully saturated rings. The van der Waals surface area contributed by atoms with Crippen molar-refractivity contribution in [2.75, 3.05) is 18.0 Å². The van der Waals surface area contributed by atoms with Gasteiger partial charge in [-0.25, -0.2) is 4.98 Å². The van der Waals surface area contributed by atoms with Crippen molar-refractivity contribution in [2.45, 2.75) is 25.2 Å². The third kappa shape index (κ3) is 3.09. The number of nitriles is 1. The molecule has 3 aromatic rings. The van der Waals surface area contributed by atoms with Crippen molar-refractivity contribution in [3.63, 3.8) is 0 Å². The minimum atomic E-state index is -0.542. The van der Waals surface area contributed by atoms with E-state index in [1.807, 2.05) is 11.6 Å². The van der Waals surface area contributed by atoms with Gasteiger partial charge in [0.25, 0.3) is 0 Å². The van der Waals surface area contributed by atoms with Crippen LogP contribution in [0.5, 0.6) is 0 Å². The van der Waals surface area contributed by atoms with Gasteiger partial charge >= 0.3 is 0 Å². The van der Waals surface area contributed by atoms with Crippen LogP contribution in [0.25, 0.3) is 11.3 Å². The van der Waals surface area contributed by atoms with Gasteiger partial charge in [-0.3, -0.25) is 4.98 Å². The molecule has 1 saturated heterocycles. The van der Waals surface area contributed by atoms with Crippen LogP contribution in [0.3, 0.4) is 0 Å². The van der Waals surface area contributed by atoms with Crippen LogP contribution in [-0.4, -0.2) is 37.8 Å². The second-order valence-electron chi connectivity index (χ2n) is 7.35. The van der Waals surface area contributed by atoms with Crippen LogP contribution in [0.15, 0.2) is 36.9 Å². The number of aromatic nitrogens is 5. The van der Waals surface area contributed by atoms with E-state index in [9.17, 15) is 9.65 Å². The highest BCUT2D eigenvalue weighted by Crippen LogP contribution is 2.39. The number of rotatable bonds is 3. The summed E-state index contributed by atoms with van der Waals surface area (Å²) in [6.45, 7) is 3.71. The molecular formula is C20H20FN7. The van der Waals surface area contributed by atoms with E-state index in [1.54, 1.807) is 24.7 Å². The zero-order valence-corrected chi connectivity index (χ0v) is 15.8. The number of pyridine rings is 2. The zero-order chi connectivity index (χ0) is 19.7. The Bertz CT molecular complexity index is 1030. The smallest absolute Gasteiger partial charge is 0.212 e. The maximum absolute atomic E-state index is 13.2. The molecule has 1 aliphatic rings. The van der Waals surface area contributed by atoms with E-state index < -0.39 is 5.95 Å². The molecule has 0 bridgehead atoms. The van der Waals surface area contributed by atoms with Crippen molar-refractivity contribution in [2.24, 2.45) is 7.05 Å². The van der Waals surface area contributed by atoms with Gasteiger partial charge in [0.1, 0.15) is 18.2 Å². The Kier molecular flexibility index (Phi) is 4.51. The Balaban J connectivity index is 1.68. The zero-order valence-electron chi connectivity index (χ0n) is 15.8. The van der Waals surface area contributed by atoms with Crippen LogP contribution < -0.4 is 4.90 Å². The minimum Gasteiger partial charge on any atom is -0.369 e. The highest BCUT2D eigenvalue weighted by atomic mass is 19.1. The molecule has 8 heteroatoms. The van der Waals surface area contributed by atoms with Crippen molar-refractivity contribution >= 4 is 5.69 Å². The van der Waals surface area contributed by atoms with Gasteiger partial charge in [0.15, 0.2) is 0 Å². The summed E-state index contributed by atoms with van der Waals surface area (Å²) in [5, 5.41) is 18.0. The van der Waals surface area contributed by atoms with E-state index in [0.29, 0.717) is 16.8 Å². The molecule has 0 unspecified atom stereocenters. The summed E-state index contributed by atoms with van der Waals surface area (Å²) in [6.07, 6.45) is 6.53. The lowest BCUT2D eigenvalue weighted by molar-refractivity contribution is 0.335. The number of anilines is 1. The number of hydrogen-bond acceptors (Lipinski definition) is 6. The standard InChI is InChI=1S/C20H20FN7/c1-20(19-26-25-13-27(19)2)6-9-28(10-7-20)18-14(11-22)5-8-23-17(18)15-3-4-16(21)24-12-15/h3-5,8,12-13H,6-7,9-10H2,1-2H3. The molecule has 0 saturated carbocycles. The second-order valence-corrected chi connectivity index (χ2v) is 7.35. The molecule has 3 aromatic heterocycles. The van der Waals surface area contributed by atoms with Crippen LogP contribution in [0.2, 0.25) is 0 Å². The molecule has 0 aromatic carbocycles. The number of aryl methyl sites for hydroxylation is 1. The lowest BCUT2D eigenvalue weighted by atomic mass is 9.79. The number of hydrogen-bond donors (Lipinski definition) is 0. The number of halogens is 1. The Labute approximate surface area is 162 Å². The predicted molar refractivity (Wildman–Crippen MR) is 102 cm³/mol. The largest absolute Gasteiger partial charge is 0.369 e. The monoisotopic (exact) mass is 377 g/mol. The first-order valence-electron chi connectivity index (χ1n) is 9.12. The van der Waals surface area contributed by atoms with Crippen LogP contribution in [0, 0.1) is 17.3 Å². The average molecular weight is 377 g/mol. The Morgan fingerprint density at radius 2 is 1.96 bits per heavy atom. The highest BCUT2D eigenvalue weighted by molar-refractivity contribution is 5.79. The van der Waals surface area contributed by atoms with Gasteiger partial charge in [-0.1, -0.05) is 6.92 Å². The summed E-state index contributed by atoms with van der Waals surface area (Å²) in [5.74, 6) is 0.431. The Hall–Kier alpha value is -3.34. The molecule has 0 aliphatic carbocycles. The molecule has 28 heavy (non-hydrogen) atoms. The molecule has 0 radical (unpaired) electrons. The van der Waals surface area contributed by atoms with Gasteiger partial charge in [-0.15, -0.1) is 10.2 Å². The van der Waals surface area contributed by atoms with Crippen molar-refractivity contribution in [3.05, 3.63) is 54.3 Å². The third-order valence-electron chi connectivity index (χ3n) is 5.48. The molecule has 0 spiro atoms. The maximum atomic E-state index is 13.2. The minimum absolute atomic E-state index is 0.0750. The normalized spacial score (nSPS) is 16.0. The van der Waals surface area contributed by atoms with Crippen LogP contribution in [0.4, 0.5) is 10.1 Å². The van der Waals surface area contributed by atoms with E-state index in [-0.39, 0.29) is 5.41 Å². The fourth-order valence-corrected chi connectivity index (χ4v) is 3.87. The van der Waals surface area contributed by atoms with E-state index in [2.05, 4.69) is 38.1 Å². The fraction of sp³-hybridized carbons (Fsp3) is 0.350. The van der Waals surface area contributed by atoms with Gasteiger partial charge in [-0.05, 0) is 31.0 Å². The highest BCUT2D eigenvalue weighted by Gasteiger charge is 2.36. The lowest BCUT2D eigenvalue weighted by Gasteiger charge is -2.40. The Morgan fingerprint density at radius 1 is 1.18 bits per heavy atom. The van der Waals surface area contributed by atoms with Crippen molar-refractivity contribution in [3.8, 4) is 17.3 Å². The summed E-state index contributed by atoms with van der Waals surface area (Å²) in [4.78, 5) is 10.4. The molecule has 0 atom stereocenters. The van der Waals surface area contributed by atoms with E-state index in [1.165, 1.54) is 12.3 Å². The lowest BCUT2D eigenvalue weighted by Crippen LogP contribution is -2.42. The molecule has 7 nitrogen and oxygen atoms in total. The van der Waals surface area contributed by atoms with Gasteiger partial charge in [0.2, 0.25) is 5.95 Å². The number of nitrogens with zero attached hydrogens (tertiary/aromatic N) is 7. The second kappa shape index (κ2) is 7.00. The van der Waals surface area contributed by atoms with Crippen LogP contribution in [0.1, 0.15) is 31.2 Å². The molecule has 4 rings (SSSR count). The molecule has 4 heterocycles. The van der Waals surface area contributed by atoms with Crippen molar-refractivity contribution < 1.29 is 4.39 Å². The molecule has 1 aliphatic heterocycles. The quantitative estimate of drug-likeness (QED) is 0.653. The Morgan fingerprint density at radius 3 is 2.57 bits per heavy atom. The third-order valence-corrected chi connectivity index (χ3v) is 5.48. The summed E-state index contributed by atoms with van der Waals surface area (Å²) in [6, 6.07) is 6.93. The van der Waals surface area contributed by atoms with E-state index in [4.69, 9.17) is 0 Å². The summed E-state index contributed by atoms with van der Waals surface area (Å²) in [5.41, 5.74) is 2.59. The summed E-state index contributed by atoms with van der Waals surface area (Å²) < 4.78 is 15.2. The van der Waals surface area contributed by atoms with Crippen molar-refractivity contribution in [1.82, 2.24) is 24.7 Å². The predicted octanol–water partition coefficient (Wildman–Crippen LogP) is 2.84. The van der Waals surface area contributed by atoms with Gasteiger partial charge < -0.3 is 9.47 Å². The maximum Gasteiger partial charge on any atom is 0.212 e. The van der Waals surface area contributed by atoms with Crippen LogP contribution >= 0.6 is 0 Å². The van der Waals surface area contributed by atoms with Gasteiger partial charge in [-0.2, -0.15) is 9.65 Å². The first-order valence-corrected chi connectivity index (χ1v) is 9.12. The molecule has 142 valence electrons. The first-order chi connectivity index (χ1) is 13.5. The van der Waals surface area contributed by atoms with Crippen molar-refractivity contribution in [1.29, 1.82) is 5.26 Å². The summed E-state index contributed by atoms with van der Waals surface area (Å²) >= 11 is 0. The SMILES string of the molecule is Cn1cnnc1C1(C)CCN(c2c(C#N)ccnc2-c2ccc(F)nc2)CC1.